The van der Waals surface area contributed by atoms with Crippen LogP contribution in [-0.4, -0.2) is 24.4 Å². The maximum atomic E-state index is 13.4. The number of rotatable bonds is 6. The number of hydrogen-bond acceptors (Lipinski definition) is 6. The predicted octanol–water partition coefficient (Wildman–Crippen LogP) is 3.88. The third-order valence-corrected chi connectivity index (χ3v) is 3.78. The smallest absolute Gasteiger partial charge is 0.363 e. The summed E-state index contributed by atoms with van der Waals surface area (Å²) in [6.07, 6.45) is 1.75. The molecule has 0 aromatic heterocycles. The second-order valence-electron chi connectivity index (χ2n) is 5.81. The molecule has 0 atom stereocenters. The van der Waals surface area contributed by atoms with E-state index in [1.807, 2.05) is 0 Å². The molecule has 1 aliphatic heterocycles. The minimum absolute atomic E-state index is 0.0364. The summed E-state index contributed by atoms with van der Waals surface area (Å²) in [5.41, 5.74) is 1.05. The van der Waals surface area contributed by atoms with Crippen LogP contribution in [0.3, 0.4) is 0 Å². The van der Waals surface area contributed by atoms with Crippen molar-refractivity contribution in [2.45, 2.75) is 20.3 Å². The van der Waals surface area contributed by atoms with Crippen LogP contribution in [0.15, 0.2) is 53.2 Å². The van der Waals surface area contributed by atoms with Gasteiger partial charge in [0.2, 0.25) is 5.90 Å². The molecule has 0 aliphatic carbocycles. The number of carbonyl (C=O) groups excluding carboxylic acids is 2. The Kier molecular flexibility index (Phi) is 5.84. The first kappa shape index (κ1) is 19.3. The molecule has 0 bridgehead atoms. The van der Waals surface area contributed by atoms with Gasteiger partial charge in [0.05, 0.1) is 6.61 Å². The molecule has 0 spiro atoms. The van der Waals surface area contributed by atoms with Gasteiger partial charge in [0.15, 0.2) is 17.2 Å². The van der Waals surface area contributed by atoms with Crippen molar-refractivity contribution in [3.8, 4) is 11.5 Å². The molecule has 7 heteroatoms. The van der Waals surface area contributed by atoms with Crippen molar-refractivity contribution in [3.63, 3.8) is 0 Å². The number of hydrogen-bond donors (Lipinski definition) is 0. The molecule has 0 fully saturated rings. The highest BCUT2D eigenvalue weighted by molar-refractivity contribution is 6.12. The number of halogens is 1. The van der Waals surface area contributed by atoms with Crippen LogP contribution in [0.2, 0.25) is 0 Å². The largest absolute Gasteiger partial charge is 0.490 e. The van der Waals surface area contributed by atoms with Crippen molar-refractivity contribution in [2.75, 3.05) is 6.61 Å². The molecule has 6 nitrogen and oxygen atoms in total. The normalized spacial score (nSPS) is 14.6. The lowest BCUT2D eigenvalue weighted by Crippen LogP contribution is -2.07. The second-order valence-corrected chi connectivity index (χ2v) is 5.81. The molecule has 1 heterocycles. The maximum absolute atomic E-state index is 13.4. The number of nitrogens with zero attached hydrogens (tertiary/aromatic N) is 1. The highest BCUT2D eigenvalue weighted by atomic mass is 19.1. The van der Waals surface area contributed by atoms with Crippen LogP contribution in [0.25, 0.3) is 6.08 Å². The van der Waals surface area contributed by atoms with E-state index in [2.05, 4.69) is 4.99 Å². The molecule has 0 radical (unpaired) electrons. The highest BCUT2D eigenvalue weighted by Crippen LogP contribution is 2.30. The van der Waals surface area contributed by atoms with Crippen LogP contribution in [0, 0.1) is 5.82 Å². The van der Waals surface area contributed by atoms with Crippen LogP contribution >= 0.6 is 0 Å². The Morgan fingerprint density at radius 3 is 2.71 bits per heavy atom. The quantitative estimate of drug-likeness (QED) is 0.430. The van der Waals surface area contributed by atoms with E-state index in [0.29, 0.717) is 29.2 Å². The van der Waals surface area contributed by atoms with Crippen LogP contribution in [0.1, 0.15) is 31.4 Å². The molecule has 144 valence electrons. The molecule has 28 heavy (non-hydrogen) atoms. The van der Waals surface area contributed by atoms with Crippen LogP contribution in [-0.2, 0) is 14.3 Å². The number of esters is 2. The topological polar surface area (TPSA) is 74.2 Å². The fourth-order valence-electron chi connectivity index (χ4n) is 2.47. The standard InChI is InChI=1S/C21H18FNO5/c1-3-19(24)27-17-9-8-13(11-18(17)26-4-2)10-16-21(25)28-20(23-16)14-6-5-7-15(22)12-14/h5-12H,3-4H2,1-2H3/b16-10-. The van der Waals surface area contributed by atoms with E-state index < -0.39 is 11.8 Å². The van der Waals surface area contributed by atoms with Gasteiger partial charge in [-0.05, 0) is 48.9 Å². The average Bonchev–Trinajstić information content (AvgIpc) is 3.04. The van der Waals surface area contributed by atoms with Crippen molar-refractivity contribution in [2.24, 2.45) is 4.99 Å². The molecule has 2 aromatic rings. The molecular weight excluding hydrogens is 365 g/mol. The fourth-order valence-corrected chi connectivity index (χ4v) is 2.47. The van der Waals surface area contributed by atoms with Crippen molar-refractivity contribution in [3.05, 3.63) is 65.1 Å². The van der Waals surface area contributed by atoms with E-state index in [1.54, 1.807) is 38.1 Å². The minimum Gasteiger partial charge on any atom is -0.490 e. The molecule has 0 unspecified atom stereocenters. The zero-order valence-electron chi connectivity index (χ0n) is 15.4. The monoisotopic (exact) mass is 383 g/mol. The third-order valence-electron chi connectivity index (χ3n) is 3.78. The SMILES string of the molecule is CCOc1cc(/C=C2\N=C(c3cccc(F)c3)OC2=O)ccc1OC(=O)CC. The highest BCUT2D eigenvalue weighted by Gasteiger charge is 2.24. The number of ether oxygens (including phenoxy) is 3. The van der Waals surface area contributed by atoms with E-state index in [4.69, 9.17) is 14.2 Å². The molecular formula is C21H18FNO5. The zero-order valence-corrected chi connectivity index (χ0v) is 15.4. The Labute approximate surface area is 161 Å². The molecule has 0 amide bonds. The Hall–Kier alpha value is -3.48. The first-order chi connectivity index (χ1) is 13.5. The lowest BCUT2D eigenvalue weighted by Gasteiger charge is -2.10. The first-order valence-electron chi connectivity index (χ1n) is 8.76. The number of aliphatic imine (C=N–C) groups is 1. The summed E-state index contributed by atoms with van der Waals surface area (Å²) in [6.45, 7) is 3.88. The summed E-state index contributed by atoms with van der Waals surface area (Å²) < 4.78 is 29.3. The van der Waals surface area contributed by atoms with Gasteiger partial charge in [-0.2, -0.15) is 0 Å². The van der Waals surface area contributed by atoms with Crippen molar-refractivity contribution < 1.29 is 28.2 Å². The van der Waals surface area contributed by atoms with Crippen molar-refractivity contribution in [1.82, 2.24) is 0 Å². The Balaban J connectivity index is 1.90. The van der Waals surface area contributed by atoms with Gasteiger partial charge in [-0.25, -0.2) is 14.2 Å². The van der Waals surface area contributed by atoms with E-state index >= 15 is 0 Å². The average molecular weight is 383 g/mol. The molecule has 1 aliphatic rings. The summed E-state index contributed by atoms with van der Waals surface area (Å²) >= 11 is 0. The van der Waals surface area contributed by atoms with E-state index in [0.717, 1.165) is 0 Å². The molecule has 3 rings (SSSR count). The summed E-state index contributed by atoms with van der Waals surface area (Å²) in [6, 6.07) is 10.5. The predicted molar refractivity (Wildman–Crippen MR) is 101 cm³/mol. The minimum atomic E-state index is -0.640. The molecule has 0 saturated heterocycles. The van der Waals surface area contributed by atoms with Crippen LogP contribution < -0.4 is 9.47 Å². The van der Waals surface area contributed by atoms with E-state index in [9.17, 15) is 14.0 Å². The van der Waals surface area contributed by atoms with Gasteiger partial charge < -0.3 is 14.2 Å². The lowest BCUT2D eigenvalue weighted by molar-refractivity contribution is -0.134. The van der Waals surface area contributed by atoms with Gasteiger partial charge in [-0.1, -0.05) is 19.1 Å². The van der Waals surface area contributed by atoms with Crippen molar-refractivity contribution in [1.29, 1.82) is 0 Å². The second kappa shape index (κ2) is 8.47. The van der Waals surface area contributed by atoms with E-state index in [-0.39, 0.29) is 24.0 Å². The molecule has 0 saturated carbocycles. The van der Waals surface area contributed by atoms with E-state index in [1.165, 1.54) is 24.3 Å². The Morgan fingerprint density at radius 2 is 2.00 bits per heavy atom. The van der Waals surface area contributed by atoms with Gasteiger partial charge in [-0.15, -0.1) is 0 Å². The number of carbonyl (C=O) groups is 2. The summed E-state index contributed by atoms with van der Waals surface area (Å²) in [7, 11) is 0. The summed E-state index contributed by atoms with van der Waals surface area (Å²) in [4.78, 5) is 27.8. The Morgan fingerprint density at radius 1 is 1.18 bits per heavy atom. The van der Waals surface area contributed by atoms with Gasteiger partial charge in [0.25, 0.3) is 0 Å². The van der Waals surface area contributed by atoms with Crippen LogP contribution in [0.5, 0.6) is 11.5 Å². The zero-order chi connectivity index (χ0) is 20.1. The van der Waals surface area contributed by atoms with Gasteiger partial charge in [0, 0.05) is 12.0 Å². The number of benzene rings is 2. The van der Waals surface area contributed by atoms with Gasteiger partial charge in [0.1, 0.15) is 5.82 Å². The van der Waals surface area contributed by atoms with Crippen molar-refractivity contribution >= 4 is 23.9 Å². The summed E-state index contributed by atoms with van der Waals surface area (Å²) in [5, 5.41) is 0. The number of cyclic esters (lactones) is 1. The maximum Gasteiger partial charge on any atom is 0.363 e. The fraction of sp³-hybridized carbons (Fsp3) is 0.190. The first-order valence-corrected chi connectivity index (χ1v) is 8.76. The lowest BCUT2D eigenvalue weighted by atomic mass is 10.1. The Bertz CT molecular complexity index is 981. The molecule has 2 aromatic carbocycles. The van der Waals surface area contributed by atoms with Gasteiger partial charge in [-0.3, -0.25) is 4.79 Å². The third kappa shape index (κ3) is 4.43. The molecule has 0 N–H and O–H groups in total. The summed E-state index contributed by atoms with van der Waals surface area (Å²) in [5.74, 6) is -0.760. The van der Waals surface area contributed by atoms with Gasteiger partial charge >= 0.3 is 11.9 Å². The van der Waals surface area contributed by atoms with Crippen LogP contribution in [0.4, 0.5) is 4.39 Å².